The van der Waals surface area contributed by atoms with E-state index in [1.165, 1.54) is 25.7 Å². The molecule has 0 atom stereocenters. The van der Waals surface area contributed by atoms with E-state index in [4.69, 9.17) is 4.52 Å². The lowest BCUT2D eigenvalue weighted by molar-refractivity contribution is 0.372. The lowest BCUT2D eigenvalue weighted by Crippen LogP contribution is -2.16. The second-order valence-electron chi connectivity index (χ2n) is 3.98. The Hall–Kier alpha value is -0.900. The van der Waals surface area contributed by atoms with E-state index in [0.29, 0.717) is 12.0 Å². The zero-order valence-corrected chi connectivity index (χ0v) is 7.49. The molecule has 0 amide bonds. The van der Waals surface area contributed by atoms with Crippen molar-refractivity contribution in [2.45, 2.75) is 44.2 Å². The predicted molar refractivity (Wildman–Crippen MR) is 46.1 cm³/mol. The van der Waals surface area contributed by atoms with Crippen LogP contribution in [0.1, 0.15) is 43.3 Å². The van der Waals surface area contributed by atoms with Gasteiger partial charge in [0.15, 0.2) is 5.82 Å². The van der Waals surface area contributed by atoms with E-state index in [1.54, 1.807) is 0 Å². The molecule has 13 heavy (non-hydrogen) atoms. The summed E-state index contributed by atoms with van der Waals surface area (Å²) in [5.74, 6) is 2.23. The quantitative estimate of drug-likeness (QED) is 0.754. The summed E-state index contributed by atoms with van der Waals surface area (Å²) in [4.78, 5) is 4.33. The molecule has 1 aromatic rings. The third-order valence-corrected chi connectivity index (χ3v) is 2.54. The zero-order chi connectivity index (χ0) is 8.67. The Kier molecular flexibility index (Phi) is 1.62. The monoisotopic (exact) mass is 179 g/mol. The van der Waals surface area contributed by atoms with Crippen molar-refractivity contribution in [2.75, 3.05) is 0 Å². The second kappa shape index (κ2) is 2.80. The van der Waals surface area contributed by atoms with Gasteiger partial charge in [-0.2, -0.15) is 4.98 Å². The predicted octanol–water partition coefficient (Wildman–Crippen LogP) is 1.20. The van der Waals surface area contributed by atoms with Gasteiger partial charge in [-0.15, -0.1) is 0 Å². The van der Waals surface area contributed by atoms with Crippen LogP contribution in [0.3, 0.4) is 0 Å². The van der Waals surface area contributed by atoms with Gasteiger partial charge < -0.3 is 9.84 Å². The molecule has 2 aliphatic carbocycles. The minimum Gasteiger partial charge on any atom is -0.339 e. The molecule has 0 aromatic carbocycles. The molecule has 0 bridgehead atoms. The smallest absolute Gasteiger partial charge is 0.229 e. The summed E-state index contributed by atoms with van der Waals surface area (Å²) >= 11 is 0. The highest BCUT2D eigenvalue weighted by atomic mass is 16.5. The van der Waals surface area contributed by atoms with Crippen LogP contribution < -0.4 is 5.32 Å². The molecule has 2 saturated carbocycles. The first-order valence-corrected chi connectivity index (χ1v) is 4.97. The summed E-state index contributed by atoms with van der Waals surface area (Å²) in [6, 6.07) is 0.711. The second-order valence-corrected chi connectivity index (χ2v) is 3.98. The van der Waals surface area contributed by atoms with Gasteiger partial charge in [-0.25, -0.2) is 0 Å². The highest BCUT2D eigenvalue weighted by molar-refractivity contribution is 5.01. The van der Waals surface area contributed by atoms with Crippen LogP contribution in [0.5, 0.6) is 0 Å². The Morgan fingerprint density at radius 2 is 2.15 bits per heavy atom. The van der Waals surface area contributed by atoms with Crippen molar-refractivity contribution in [3.8, 4) is 0 Å². The summed E-state index contributed by atoms with van der Waals surface area (Å²) in [6.45, 7) is 0.765. The lowest BCUT2D eigenvalue weighted by Gasteiger charge is -1.94. The van der Waals surface area contributed by atoms with Gasteiger partial charge in [-0.05, 0) is 25.7 Å². The third kappa shape index (κ3) is 1.72. The van der Waals surface area contributed by atoms with Crippen molar-refractivity contribution in [1.82, 2.24) is 15.5 Å². The average molecular weight is 179 g/mol. The molecule has 2 aliphatic rings. The molecule has 2 fully saturated rings. The molecule has 4 heteroatoms. The Bertz CT molecular complexity index is 302. The first kappa shape index (κ1) is 7.50. The van der Waals surface area contributed by atoms with E-state index in [-0.39, 0.29) is 0 Å². The van der Waals surface area contributed by atoms with Crippen molar-refractivity contribution >= 4 is 0 Å². The van der Waals surface area contributed by atoms with Crippen LogP contribution in [0, 0.1) is 0 Å². The highest BCUT2D eigenvalue weighted by Crippen LogP contribution is 2.38. The summed E-state index contributed by atoms with van der Waals surface area (Å²) < 4.78 is 5.14. The van der Waals surface area contributed by atoms with E-state index in [1.807, 2.05) is 0 Å². The average Bonchev–Trinajstić information content (AvgIpc) is 3.03. The van der Waals surface area contributed by atoms with Crippen LogP contribution in [0.2, 0.25) is 0 Å². The van der Waals surface area contributed by atoms with Crippen LogP contribution >= 0.6 is 0 Å². The van der Waals surface area contributed by atoms with Crippen LogP contribution in [-0.2, 0) is 6.54 Å². The summed E-state index contributed by atoms with van der Waals surface area (Å²) in [7, 11) is 0. The molecule has 0 saturated heterocycles. The molecule has 4 nitrogen and oxygen atoms in total. The fourth-order valence-electron chi connectivity index (χ4n) is 1.36. The highest BCUT2D eigenvalue weighted by Gasteiger charge is 2.29. The van der Waals surface area contributed by atoms with E-state index in [0.717, 1.165) is 18.3 Å². The van der Waals surface area contributed by atoms with E-state index < -0.39 is 0 Å². The van der Waals surface area contributed by atoms with Crippen molar-refractivity contribution in [3.63, 3.8) is 0 Å². The maximum absolute atomic E-state index is 5.14. The number of hydrogen-bond donors (Lipinski definition) is 1. The fraction of sp³-hybridized carbons (Fsp3) is 0.778. The molecular weight excluding hydrogens is 166 g/mol. The van der Waals surface area contributed by atoms with E-state index >= 15 is 0 Å². The number of rotatable bonds is 4. The van der Waals surface area contributed by atoms with Gasteiger partial charge in [0.05, 0.1) is 6.54 Å². The number of aromatic nitrogens is 2. The molecule has 1 heterocycles. The Labute approximate surface area is 76.7 Å². The standard InChI is InChI=1S/C9H13N3O/c1-2-6(1)9-11-8(12-13-9)5-10-7-3-4-7/h6-7,10H,1-5H2. The summed E-state index contributed by atoms with van der Waals surface area (Å²) in [5, 5.41) is 7.29. The Morgan fingerprint density at radius 3 is 2.85 bits per heavy atom. The molecule has 0 spiro atoms. The number of nitrogens with one attached hydrogen (secondary N) is 1. The van der Waals surface area contributed by atoms with Crippen molar-refractivity contribution in [2.24, 2.45) is 0 Å². The largest absolute Gasteiger partial charge is 0.339 e. The van der Waals surface area contributed by atoms with Crippen LogP contribution in [0.25, 0.3) is 0 Å². The molecule has 70 valence electrons. The number of hydrogen-bond acceptors (Lipinski definition) is 4. The summed E-state index contributed by atoms with van der Waals surface area (Å²) in [6.07, 6.45) is 5.04. The van der Waals surface area contributed by atoms with Crippen molar-refractivity contribution in [1.29, 1.82) is 0 Å². The molecular formula is C9H13N3O. The van der Waals surface area contributed by atoms with Gasteiger partial charge in [0.25, 0.3) is 0 Å². The van der Waals surface area contributed by atoms with Crippen molar-refractivity contribution in [3.05, 3.63) is 11.7 Å². The molecule has 0 unspecified atom stereocenters. The molecule has 0 radical (unpaired) electrons. The molecule has 1 N–H and O–H groups in total. The van der Waals surface area contributed by atoms with Crippen LogP contribution in [0.15, 0.2) is 4.52 Å². The van der Waals surface area contributed by atoms with Gasteiger partial charge >= 0.3 is 0 Å². The first-order chi connectivity index (χ1) is 6.42. The van der Waals surface area contributed by atoms with Crippen LogP contribution in [-0.4, -0.2) is 16.2 Å². The Balaban J connectivity index is 1.59. The van der Waals surface area contributed by atoms with E-state index in [2.05, 4.69) is 15.5 Å². The molecule has 1 aromatic heterocycles. The van der Waals surface area contributed by atoms with Gasteiger partial charge in [-0.1, -0.05) is 5.16 Å². The maximum atomic E-state index is 5.14. The third-order valence-electron chi connectivity index (χ3n) is 2.54. The van der Waals surface area contributed by atoms with Gasteiger partial charge in [0, 0.05) is 12.0 Å². The minimum absolute atomic E-state index is 0.571. The van der Waals surface area contributed by atoms with Gasteiger partial charge in [0.1, 0.15) is 0 Å². The normalized spacial score (nSPS) is 22.2. The topological polar surface area (TPSA) is 51.0 Å². The van der Waals surface area contributed by atoms with Gasteiger partial charge in [-0.3, -0.25) is 0 Å². The fourth-order valence-corrected chi connectivity index (χ4v) is 1.36. The minimum atomic E-state index is 0.571. The number of nitrogens with zero attached hydrogens (tertiary/aromatic N) is 2. The SMILES string of the molecule is C(NC1CC1)c1noc(C2CC2)n1. The molecule has 0 aliphatic heterocycles. The summed E-state index contributed by atoms with van der Waals surface area (Å²) in [5.41, 5.74) is 0. The zero-order valence-electron chi connectivity index (χ0n) is 7.49. The Morgan fingerprint density at radius 1 is 1.31 bits per heavy atom. The first-order valence-electron chi connectivity index (χ1n) is 4.97. The lowest BCUT2D eigenvalue weighted by atomic mass is 10.4. The van der Waals surface area contributed by atoms with Gasteiger partial charge in [0.2, 0.25) is 5.89 Å². The van der Waals surface area contributed by atoms with E-state index in [9.17, 15) is 0 Å². The molecule has 3 rings (SSSR count). The maximum Gasteiger partial charge on any atom is 0.229 e. The van der Waals surface area contributed by atoms with Crippen LogP contribution in [0.4, 0.5) is 0 Å². The van der Waals surface area contributed by atoms with Crippen molar-refractivity contribution < 1.29 is 4.52 Å².